The van der Waals surface area contributed by atoms with Crippen LogP contribution in [-0.2, 0) is 9.53 Å². The summed E-state index contributed by atoms with van der Waals surface area (Å²) in [6.07, 6.45) is 3.58. The van der Waals surface area contributed by atoms with Crippen molar-refractivity contribution in [1.82, 2.24) is 15.1 Å². The number of nitrogens with one attached hydrogen (secondary N) is 1. The molecule has 3 rings (SSSR count). The van der Waals surface area contributed by atoms with Crippen molar-refractivity contribution in [2.45, 2.75) is 51.3 Å². The van der Waals surface area contributed by atoms with Gasteiger partial charge >= 0.3 is 0 Å². The number of aryl methyl sites for hydroxylation is 1. The lowest BCUT2D eigenvalue weighted by atomic mass is 9.83. The predicted molar refractivity (Wildman–Crippen MR) is 109 cm³/mol. The molecule has 28 heavy (non-hydrogen) atoms. The van der Waals surface area contributed by atoms with Crippen LogP contribution in [0.25, 0.3) is 0 Å². The number of hydrogen-bond acceptors (Lipinski definition) is 4. The number of rotatable bonds is 5. The first kappa shape index (κ1) is 20.8. The van der Waals surface area contributed by atoms with Crippen LogP contribution in [0.2, 0.25) is 0 Å². The maximum absolute atomic E-state index is 13.5. The fraction of sp³-hybridized carbons (Fsp3) is 0.636. The molecule has 0 aromatic heterocycles. The van der Waals surface area contributed by atoms with Crippen LogP contribution in [0.5, 0.6) is 0 Å². The molecule has 2 amide bonds. The van der Waals surface area contributed by atoms with Gasteiger partial charge in [-0.05, 0) is 64.8 Å². The van der Waals surface area contributed by atoms with Crippen LogP contribution in [0.4, 0.5) is 0 Å². The second-order valence-electron chi connectivity index (χ2n) is 8.59. The number of amides is 2. The Morgan fingerprint density at radius 1 is 1.21 bits per heavy atom. The number of ether oxygens (including phenoxy) is 1. The molecule has 6 nitrogen and oxygen atoms in total. The van der Waals surface area contributed by atoms with Crippen molar-refractivity contribution in [3.63, 3.8) is 0 Å². The Hall–Kier alpha value is -1.92. The van der Waals surface area contributed by atoms with Gasteiger partial charge in [-0.25, -0.2) is 0 Å². The third-order valence-corrected chi connectivity index (χ3v) is 5.99. The van der Waals surface area contributed by atoms with E-state index < -0.39 is 11.8 Å². The zero-order valence-electron chi connectivity index (χ0n) is 17.5. The van der Waals surface area contributed by atoms with Gasteiger partial charge in [-0.1, -0.05) is 24.6 Å². The average Bonchev–Trinajstić information content (AvgIpc) is 3.03. The third-order valence-electron chi connectivity index (χ3n) is 5.99. The Kier molecular flexibility index (Phi) is 6.40. The molecule has 0 unspecified atom stereocenters. The van der Waals surface area contributed by atoms with Crippen molar-refractivity contribution in [2.24, 2.45) is 5.92 Å². The molecule has 1 heterocycles. The van der Waals surface area contributed by atoms with Crippen LogP contribution in [0, 0.1) is 12.8 Å². The fourth-order valence-electron chi connectivity index (χ4n) is 4.14. The number of likely N-dealkylation sites (N-methyl/N-ethyl adjacent to an activating group) is 1. The first-order valence-electron chi connectivity index (χ1n) is 10.3. The van der Waals surface area contributed by atoms with Gasteiger partial charge in [0.25, 0.3) is 5.91 Å². The van der Waals surface area contributed by atoms with Crippen LogP contribution in [0.3, 0.4) is 0 Å². The minimum absolute atomic E-state index is 0.111. The summed E-state index contributed by atoms with van der Waals surface area (Å²) in [5, 5.41) is 2.98. The molecule has 1 aliphatic heterocycles. The molecule has 1 aromatic carbocycles. The topological polar surface area (TPSA) is 61.9 Å². The van der Waals surface area contributed by atoms with E-state index in [9.17, 15) is 9.59 Å². The van der Waals surface area contributed by atoms with Crippen molar-refractivity contribution >= 4 is 11.8 Å². The molecule has 1 spiro atoms. The van der Waals surface area contributed by atoms with Crippen molar-refractivity contribution in [1.29, 1.82) is 0 Å². The van der Waals surface area contributed by atoms with Gasteiger partial charge in [0.2, 0.25) is 5.91 Å². The molecule has 1 atom stereocenters. The second-order valence-corrected chi connectivity index (χ2v) is 8.59. The largest absolute Gasteiger partial charge is 0.353 e. The smallest absolute Gasteiger partial charge is 0.256 e. The summed E-state index contributed by atoms with van der Waals surface area (Å²) in [6.45, 7) is 5.81. The number of nitrogens with zero attached hydrogens (tertiary/aromatic N) is 2. The van der Waals surface area contributed by atoms with E-state index in [1.165, 1.54) is 0 Å². The molecular formula is C22H33N3O3. The summed E-state index contributed by atoms with van der Waals surface area (Å²) in [7, 11) is 3.94. The highest BCUT2D eigenvalue weighted by Crippen LogP contribution is 2.43. The van der Waals surface area contributed by atoms with Crippen LogP contribution in [0.1, 0.15) is 48.5 Å². The van der Waals surface area contributed by atoms with Gasteiger partial charge in [-0.15, -0.1) is 0 Å². The average molecular weight is 388 g/mol. The molecule has 1 saturated heterocycles. The van der Waals surface area contributed by atoms with Gasteiger partial charge < -0.3 is 15.0 Å². The maximum atomic E-state index is 13.5. The Morgan fingerprint density at radius 3 is 2.46 bits per heavy atom. The predicted octanol–water partition coefficient (Wildman–Crippen LogP) is 2.42. The minimum atomic E-state index is -0.655. The van der Waals surface area contributed by atoms with Crippen molar-refractivity contribution in [2.75, 3.05) is 33.8 Å². The quantitative estimate of drug-likeness (QED) is 0.843. The summed E-state index contributed by atoms with van der Waals surface area (Å²) in [6, 6.07) is 6.98. The van der Waals surface area contributed by atoms with Gasteiger partial charge in [-0.2, -0.15) is 0 Å². The second kappa shape index (κ2) is 8.62. The lowest BCUT2D eigenvalue weighted by Gasteiger charge is -2.43. The first-order chi connectivity index (χ1) is 13.3. The molecular weight excluding hydrogens is 354 g/mol. The number of carbonyl (C=O) groups excluding carboxylic acids is 2. The van der Waals surface area contributed by atoms with Crippen molar-refractivity contribution < 1.29 is 14.3 Å². The van der Waals surface area contributed by atoms with E-state index in [2.05, 4.69) is 12.2 Å². The molecule has 0 bridgehead atoms. The van der Waals surface area contributed by atoms with E-state index in [-0.39, 0.29) is 18.4 Å². The Balaban J connectivity index is 1.83. The van der Waals surface area contributed by atoms with Crippen LogP contribution >= 0.6 is 0 Å². The van der Waals surface area contributed by atoms with Crippen molar-refractivity contribution in [3.8, 4) is 0 Å². The number of carbonyl (C=O) groups is 2. The molecule has 2 aliphatic rings. The monoisotopic (exact) mass is 387 g/mol. The van der Waals surface area contributed by atoms with Gasteiger partial charge in [0.05, 0.1) is 6.61 Å². The Morgan fingerprint density at radius 2 is 1.86 bits per heavy atom. The van der Waals surface area contributed by atoms with E-state index >= 15 is 0 Å². The normalized spacial score (nSPS) is 27.4. The van der Waals surface area contributed by atoms with Crippen LogP contribution < -0.4 is 5.32 Å². The molecule has 2 fully saturated rings. The maximum Gasteiger partial charge on any atom is 0.256 e. The molecule has 1 aromatic rings. The van der Waals surface area contributed by atoms with E-state index in [0.717, 1.165) is 37.8 Å². The third kappa shape index (κ3) is 4.39. The number of hydrogen-bond donors (Lipinski definition) is 1. The lowest BCUT2D eigenvalue weighted by Crippen LogP contribution is -2.57. The fourth-order valence-corrected chi connectivity index (χ4v) is 4.14. The van der Waals surface area contributed by atoms with E-state index in [1.807, 2.05) is 50.2 Å². The minimum Gasteiger partial charge on any atom is -0.353 e. The highest BCUT2D eigenvalue weighted by Gasteiger charge is 2.53. The summed E-state index contributed by atoms with van der Waals surface area (Å²) in [5.74, 6) is 0.385. The summed E-state index contributed by atoms with van der Waals surface area (Å²) in [4.78, 5) is 30.1. The first-order valence-corrected chi connectivity index (χ1v) is 10.3. The molecule has 1 aliphatic carbocycles. The Bertz CT molecular complexity index is 693. The molecule has 1 saturated carbocycles. The summed E-state index contributed by atoms with van der Waals surface area (Å²) < 4.78 is 6.20. The van der Waals surface area contributed by atoms with Gasteiger partial charge in [-0.3, -0.25) is 14.5 Å². The van der Waals surface area contributed by atoms with Crippen molar-refractivity contribution in [3.05, 3.63) is 35.4 Å². The summed E-state index contributed by atoms with van der Waals surface area (Å²) >= 11 is 0. The van der Waals surface area contributed by atoms with E-state index in [4.69, 9.17) is 4.74 Å². The molecule has 1 N–H and O–H groups in total. The highest BCUT2D eigenvalue weighted by atomic mass is 16.5. The standard InChI is InChI=1S/C22H33N3O3/c1-16-5-7-18(8-6-16)21(27)25-19(20(26)23-13-14-24(3)4)15-28-22(25)11-9-17(2)10-12-22/h5-8,17,19H,9-15H2,1-4H3,(H,23,26)/t17?,19-,22?/m1/s1. The number of benzene rings is 1. The molecule has 6 heteroatoms. The SMILES string of the molecule is Cc1ccc(C(=O)N2[C@@H](C(=O)NCCN(C)C)COC23CCC(C)CC3)cc1. The Labute approximate surface area is 168 Å². The zero-order chi connectivity index (χ0) is 20.3. The van der Waals surface area contributed by atoms with Gasteiger partial charge in [0.1, 0.15) is 11.8 Å². The van der Waals surface area contributed by atoms with Crippen LogP contribution in [-0.4, -0.2) is 67.2 Å². The van der Waals surface area contributed by atoms with Crippen LogP contribution in [0.15, 0.2) is 24.3 Å². The van der Waals surface area contributed by atoms with E-state index in [0.29, 0.717) is 18.0 Å². The summed E-state index contributed by atoms with van der Waals surface area (Å²) in [5.41, 5.74) is 1.06. The van der Waals surface area contributed by atoms with E-state index in [1.54, 1.807) is 4.90 Å². The molecule has 0 radical (unpaired) electrons. The van der Waals surface area contributed by atoms with Gasteiger partial charge in [0.15, 0.2) is 0 Å². The lowest BCUT2D eigenvalue weighted by molar-refractivity contribution is -0.127. The molecule has 154 valence electrons. The highest BCUT2D eigenvalue weighted by molar-refractivity contribution is 5.98. The zero-order valence-corrected chi connectivity index (χ0v) is 17.5. The van der Waals surface area contributed by atoms with Gasteiger partial charge in [0, 0.05) is 18.7 Å².